The van der Waals surface area contributed by atoms with Crippen LogP contribution in [0.4, 0.5) is 5.95 Å². The molecular weight excluding hydrogens is 274 g/mol. The Labute approximate surface area is 123 Å². The van der Waals surface area contributed by atoms with Crippen molar-refractivity contribution in [1.29, 1.82) is 0 Å². The first-order valence-electron chi connectivity index (χ1n) is 6.66. The van der Waals surface area contributed by atoms with E-state index in [-0.39, 0.29) is 0 Å². The third kappa shape index (κ3) is 3.23. The first kappa shape index (κ1) is 13.3. The molecule has 3 heterocycles. The van der Waals surface area contributed by atoms with E-state index in [1.807, 2.05) is 24.4 Å². The van der Waals surface area contributed by atoms with E-state index in [1.165, 1.54) is 5.56 Å². The number of piperazine rings is 1. The summed E-state index contributed by atoms with van der Waals surface area (Å²) in [5.74, 6) is 0.820. The van der Waals surface area contributed by atoms with Crippen molar-refractivity contribution in [2.24, 2.45) is 0 Å². The van der Waals surface area contributed by atoms with Crippen molar-refractivity contribution < 1.29 is 0 Å². The molecule has 0 radical (unpaired) electrons. The molecule has 20 heavy (non-hydrogen) atoms. The van der Waals surface area contributed by atoms with E-state index in [4.69, 9.17) is 11.6 Å². The van der Waals surface area contributed by atoms with E-state index in [2.05, 4.69) is 24.8 Å². The summed E-state index contributed by atoms with van der Waals surface area (Å²) in [4.78, 5) is 17.3. The second kappa shape index (κ2) is 6.15. The van der Waals surface area contributed by atoms with Crippen molar-refractivity contribution in [3.05, 3.63) is 47.5 Å². The average Bonchev–Trinajstić information content (AvgIpc) is 2.51. The van der Waals surface area contributed by atoms with Gasteiger partial charge in [0.1, 0.15) is 5.15 Å². The van der Waals surface area contributed by atoms with Crippen LogP contribution in [0.3, 0.4) is 0 Å². The third-order valence-corrected chi connectivity index (χ3v) is 3.63. The topological polar surface area (TPSA) is 45.2 Å². The van der Waals surface area contributed by atoms with Gasteiger partial charge in [0.2, 0.25) is 5.95 Å². The van der Waals surface area contributed by atoms with E-state index in [1.54, 1.807) is 12.4 Å². The number of anilines is 1. The number of halogens is 1. The van der Waals surface area contributed by atoms with Gasteiger partial charge < -0.3 is 4.90 Å². The second-order valence-corrected chi connectivity index (χ2v) is 5.19. The molecule has 1 fully saturated rings. The lowest BCUT2D eigenvalue weighted by atomic mass is 10.2. The van der Waals surface area contributed by atoms with Crippen LogP contribution in [0.1, 0.15) is 5.56 Å². The summed E-state index contributed by atoms with van der Waals surface area (Å²) in [6.07, 6.45) is 5.41. The summed E-state index contributed by atoms with van der Waals surface area (Å²) < 4.78 is 0. The molecule has 0 bridgehead atoms. The summed E-state index contributed by atoms with van der Waals surface area (Å²) in [7, 11) is 0. The largest absolute Gasteiger partial charge is 0.338 e. The lowest BCUT2D eigenvalue weighted by Crippen LogP contribution is -2.46. The van der Waals surface area contributed by atoms with Gasteiger partial charge in [0.15, 0.2) is 0 Å². The van der Waals surface area contributed by atoms with Crippen LogP contribution in [0.25, 0.3) is 0 Å². The Hall–Kier alpha value is -1.72. The molecule has 0 atom stereocenters. The van der Waals surface area contributed by atoms with Gasteiger partial charge in [0.25, 0.3) is 0 Å². The van der Waals surface area contributed by atoms with E-state index in [9.17, 15) is 0 Å². The number of aromatic nitrogens is 3. The Morgan fingerprint density at radius 1 is 1.00 bits per heavy atom. The highest BCUT2D eigenvalue weighted by molar-refractivity contribution is 6.29. The first-order valence-corrected chi connectivity index (χ1v) is 7.04. The fraction of sp³-hybridized carbons (Fsp3) is 0.357. The SMILES string of the molecule is Clc1ccc(CN2CCN(c3ncccn3)CC2)cn1. The summed E-state index contributed by atoms with van der Waals surface area (Å²) >= 11 is 5.80. The molecule has 1 saturated heterocycles. The first-order chi connectivity index (χ1) is 9.81. The number of nitrogens with zero attached hydrogens (tertiary/aromatic N) is 5. The standard InChI is InChI=1S/C14H16ClN5/c15-13-3-2-12(10-18-13)11-19-6-8-20(9-7-19)14-16-4-1-5-17-14/h1-5,10H,6-9,11H2. The van der Waals surface area contributed by atoms with Crippen LogP contribution in [-0.2, 0) is 6.54 Å². The molecule has 0 amide bonds. The van der Waals surface area contributed by atoms with Gasteiger partial charge in [-0.3, -0.25) is 4.90 Å². The lowest BCUT2D eigenvalue weighted by molar-refractivity contribution is 0.248. The van der Waals surface area contributed by atoms with Gasteiger partial charge in [0, 0.05) is 51.3 Å². The van der Waals surface area contributed by atoms with Crippen LogP contribution in [0.5, 0.6) is 0 Å². The van der Waals surface area contributed by atoms with Crippen LogP contribution in [-0.4, -0.2) is 46.0 Å². The van der Waals surface area contributed by atoms with Crippen LogP contribution in [0.15, 0.2) is 36.8 Å². The Bertz CT molecular complexity index is 537. The minimum atomic E-state index is 0.541. The molecule has 0 unspecified atom stereocenters. The average molecular weight is 290 g/mol. The zero-order chi connectivity index (χ0) is 13.8. The van der Waals surface area contributed by atoms with Gasteiger partial charge in [0.05, 0.1) is 0 Å². The van der Waals surface area contributed by atoms with E-state index < -0.39 is 0 Å². The molecule has 0 aliphatic carbocycles. The number of rotatable bonds is 3. The maximum absolute atomic E-state index is 5.80. The van der Waals surface area contributed by atoms with Crippen LogP contribution < -0.4 is 4.90 Å². The molecule has 0 saturated carbocycles. The lowest BCUT2D eigenvalue weighted by Gasteiger charge is -2.34. The fourth-order valence-corrected chi connectivity index (χ4v) is 2.43. The monoisotopic (exact) mass is 289 g/mol. The quantitative estimate of drug-likeness (QED) is 0.807. The van der Waals surface area contributed by atoms with Gasteiger partial charge in [-0.1, -0.05) is 17.7 Å². The van der Waals surface area contributed by atoms with E-state index in [0.717, 1.165) is 38.7 Å². The third-order valence-electron chi connectivity index (χ3n) is 3.40. The highest BCUT2D eigenvalue weighted by Crippen LogP contribution is 2.13. The summed E-state index contributed by atoms with van der Waals surface area (Å²) in [6.45, 7) is 4.81. The molecule has 2 aromatic heterocycles. The summed E-state index contributed by atoms with van der Waals surface area (Å²) in [6, 6.07) is 5.71. The zero-order valence-electron chi connectivity index (χ0n) is 11.1. The number of hydrogen-bond donors (Lipinski definition) is 0. The van der Waals surface area contributed by atoms with E-state index >= 15 is 0 Å². The van der Waals surface area contributed by atoms with Crippen molar-refractivity contribution in [3.63, 3.8) is 0 Å². The number of pyridine rings is 1. The van der Waals surface area contributed by atoms with Gasteiger partial charge in [-0.05, 0) is 17.7 Å². The predicted octanol–water partition coefficient (Wildman–Crippen LogP) is 1.85. The van der Waals surface area contributed by atoms with Gasteiger partial charge in [-0.15, -0.1) is 0 Å². The fourth-order valence-electron chi connectivity index (χ4n) is 2.32. The maximum Gasteiger partial charge on any atom is 0.225 e. The van der Waals surface area contributed by atoms with Crippen molar-refractivity contribution in [2.45, 2.75) is 6.54 Å². The highest BCUT2D eigenvalue weighted by Gasteiger charge is 2.18. The number of hydrogen-bond acceptors (Lipinski definition) is 5. The Morgan fingerprint density at radius 2 is 1.75 bits per heavy atom. The minimum Gasteiger partial charge on any atom is -0.338 e. The minimum absolute atomic E-state index is 0.541. The molecule has 104 valence electrons. The van der Waals surface area contributed by atoms with Crippen molar-refractivity contribution in [1.82, 2.24) is 19.9 Å². The van der Waals surface area contributed by atoms with Crippen LogP contribution in [0.2, 0.25) is 5.15 Å². The van der Waals surface area contributed by atoms with Crippen LogP contribution >= 0.6 is 11.6 Å². The molecule has 0 N–H and O–H groups in total. The highest BCUT2D eigenvalue weighted by atomic mass is 35.5. The Morgan fingerprint density at radius 3 is 2.40 bits per heavy atom. The molecule has 1 aliphatic heterocycles. The smallest absolute Gasteiger partial charge is 0.225 e. The molecule has 0 spiro atoms. The van der Waals surface area contributed by atoms with Crippen molar-refractivity contribution in [3.8, 4) is 0 Å². The Kier molecular flexibility index (Phi) is 4.08. The van der Waals surface area contributed by atoms with Crippen molar-refractivity contribution in [2.75, 3.05) is 31.1 Å². The molecule has 6 heteroatoms. The predicted molar refractivity (Wildman–Crippen MR) is 78.8 cm³/mol. The zero-order valence-corrected chi connectivity index (χ0v) is 11.9. The van der Waals surface area contributed by atoms with Gasteiger partial charge in [-0.25, -0.2) is 15.0 Å². The maximum atomic E-state index is 5.80. The summed E-state index contributed by atoms with van der Waals surface area (Å²) in [5, 5.41) is 0.541. The molecule has 3 rings (SSSR count). The van der Waals surface area contributed by atoms with Crippen LogP contribution in [0, 0.1) is 0 Å². The molecule has 0 aromatic carbocycles. The summed E-state index contributed by atoms with van der Waals surface area (Å²) in [5.41, 5.74) is 1.19. The molecule has 1 aliphatic rings. The molecular formula is C14H16ClN5. The van der Waals surface area contributed by atoms with Crippen molar-refractivity contribution >= 4 is 17.5 Å². The molecule has 2 aromatic rings. The normalized spacial score (nSPS) is 16.4. The second-order valence-electron chi connectivity index (χ2n) is 4.80. The molecule has 5 nitrogen and oxygen atoms in total. The van der Waals surface area contributed by atoms with Gasteiger partial charge in [-0.2, -0.15) is 0 Å². The van der Waals surface area contributed by atoms with Gasteiger partial charge >= 0.3 is 0 Å². The Balaban J connectivity index is 1.55. The van der Waals surface area contributed by atoms with E-state index in [0.29, 0.717) is 5.15 Å².